The van der Waals surface area contributed by atoms with Crippen LogP contribution in [0.25, 0.3) is 0 Å². The standard InChI is InChI=1S/C8H8FNO/c1-11-10-6-7-4-2-3-5-8(7)9/h2-6H,1H3/b10-6-. The summed E-state index contributed by atoms with van der Waals surface area (Å²) >= 11 is 0. The lowest BCUT2D eigenvalue weighted by Gasteiger charge is -1.92. The van der Waals surface area contributed by atoms with Gasteiger partial charge in [0.25, 0.3) is 0 Å². The van der Waals surface area contributed by atoms with Crippen molar-refractivity contribution < 1.29 is 9.23 Å². The van der Waals surface area contributed by atoms with E-state index in [1.165, 1.54) is 19.4 Å². The van der Waals surface area contributed by atoms with Crippen molar-refractivity contribution in [2.75, 3.05) is 7.11 Å². The topological polar surface area (TPSA) is 21.6 Å². The molecule has 0 aliphatic carbocycles. The van der Waals surface area contributed by atoms with Crippen LogP contribution in [0.2, 0.25) is 0 Å². The molecule has 11 heavy (non-hydrogen) atoms. The fourth-order valence-corrected chi connectivity index (χ4v) is 0.689. The van der Waals surface area contributed by atoms with Gasteiger partial charge in [0.15, 0.2) is 0 Å². The molecule has 2 nitrogen and oxygen atoms in total. The Labute approximate surface area is 64.3 Å². The third kappa shape index (κ3) is 2.04. The number of hydrogen-bond acceptors (Lipinski definition) is 2. The van der Waals surface area contributed by atoms with Crippen LogP contribution in [0.1, 0.15) is 5.56 Å². The minimum Gasteiger partial charge on any atom is -0.399 e. The number of nitrogens with zero attached hydrogens (tertiary/aromatic N) is 1. The van der Waals surface area contributed by atoms with Crippen molar-refractivity contribution in [1.82, 2.24) is 0 Å². The number of rotatable bonds is 2. The Kier molecular flexibility index (Phi) is 2.60. The normalized spacial score (nSPS) is 10.4. The zero-order valence-corrected chi connectivity index (χ0v) is 6.12. The van der Waals surface area contributed by atoms with Gasteiger partial charge >= 0.3 is 0 Å². The van der Waals surface area contributed by atoms with E-state index in [2.05, 4.69) is 9.99 Å². The largest absolute Gasteiger partial charge is 0.399 e. The van der Waals surface area contributed by atoms with Crippen LogP contribution in [0.4, 0.5) is 4.39 Å². The van der Waals surface area contributed by atoms with Crippen molar-refractivity contribution in [3.63, 3.8) is 0 Å². The van der Waals surface area contributed by atoms with Gasteiger partial charge in [-0.1, -0.05) is 23.4 Å². The van der Waals surface area contributed by atoms with Crippen molar-refractivity contribution in [3.8, 4) is 0 Å². The molecule has 1 aromatic carbocycles. The Hall–Kier alpha value is -1.38. The molecule has 0 aromatic heterocycles. The Morgan fingerprint density at radius 3 is 2.82 bits per heavy atom. The molecule has 0 bridgehead atoms. The molecular formula is C8H8FNO. The Balaban J connectivity index is 2.86. The molecule has 0 N–H and O–H groups in total. The van der Waals surface area contributed by atoms with Gasteiger partial charge < -0.3 is 4.84 Å². The number of halogens is 1. The second-order valence-electron chi connectivity index (χ2n) is 1.94. The number of benzene rings is 1. The van der Waals surface area contributed by atoms with Crippen molar-refractivity contribution in [3.05, 3.63) is 35.6 Å². The molecule has 0 fully saturated rings. The maximum absolute atomic E-state index is 12.8. The maximum atomic E-state index is 12.8. The lowest BCUT2D eigenvalue weighted by molar-refractivity contribution is 0.215. The fourth-order valence-electron chi connectivity index (χ4n) is 0.689. The Morgan fingerprint density at radius 2 is 2.18 bits per heavy atom. The third-order valence-electron chi connectivity index (χ3n) is 1.20. The lowest BCUT2D eigenvalue weighted by atomic mass is 10.2. The van der Waals surface area contributed by atoms with Crippen LogP contribution in [-0.2, 0) is 4.84 Å². The van der Waals surface area contributed by atoms with Crippen LogP contribution >= 0.6 is 0 Å². The summed E-state index contributed by atoms with van der Waals surface area (Å²) in [5.74, 6) is -0.298. The summed E-state index contributed by atoms with van der Waals surface area (Å²) in [6.07, 6.45) is 1.33. The van der Waals surface area contributed by atoms with Crippen LogP contribution in [0.3, 0.4) is 0 Å². The molecule has 58 valence electrons. The summed E-state index contributed by atoms with van der Waals surface area (Å²) in [6.45, 7) is 0. The van der Waals surface area contributed by atoms with Crippen LogP contribution in [0, 0.1) is 5.82 Å². The van der Waals surface area contributed by atoms with Gasteiger partial charge in [0, 0.05) is 5.56 Å². The first-order valence-corrected chi connectivity index (χ1v) is 3.15. The van der Waals surface area contributed by atoms with Crippen molar-refractivity contribution in [2.45, 2.75) is 0 Å². The number of hydrogen-bond donors (Lipinski definition) is 0. The van der Waals surface area contributed by atoms with Gasteiger partial charge in [-0.15, -0.1) is 0 Å². The van der Waals surface area contributed by atoms with Crippen molar-refractivity contribution in [1.29, 1.82) is 0 Å². The molecule has 0 unspecified atom stereocenters. The average Bonchev–Trinajstić information content (AvgIpc) is 2.03. The van der Waals surface area contributed by atoms with Crippen LogP contribution < -0.4 is 0 Å². The predicted molar refractivity (Wildman–Crippen MR) is 41.0 cm³/mol. The molecule has 0 amide bonds. The molecule has 3 heteroatoms. The van der Waals surface area contributed by atoms with Crippen LogP contribution in [-0.4, -0.2) is 13.3 Å². The van der Waals surface area contributed by atoms with Gasteiger partial charge in [-0.05, 0) is 6.07 Å². The van der Waals surface area contributed by atoms with Gasteiger partial charge in [-0.3, -0.25) is 0 Å². The highest BCUT2D eigenvalue weighted by Gasteiger charge is 1.94. The van der Waals surface area contributed by atoms with Gasteiger partial charge in [0.2, 0.25) is 0 Å². The van der Waals surface area contributed by atoms with E-state index in [0.717, 1.165) is 0 Å². The second kappa shape index (κ2) is 3.71. The summed E-state index contributed by atoms with van der Waals surface area (Å²) in [4.78, 5) is 4.40. The number of oxime groups is 1. The molecule has 1 aromatic rings. The molecule has 0 saturated carbocycles. The van der Waals surface area contributed by atoms with E-state index in [-0.39, 0.29) is 5.82 Å². The van der Waals surface area contributed by atoms with Gasteiger partial charge in [-0.2, -0.15) is 0 Å². The molecule has 0 radical (unpaired) electrons. The van der Waals surface area contributed by atoms with Crippen LogP contribution in [0.15, 0.2) is 29.4 Å². The summed E-state index contributed by atoms with van der Waals surface area (Å²) in [6, 6.07) is 6.36. The first kappa shape index (κ1) is 7.72. The second-order valence-corrected chi connectivity index (χ2v) is 1.94. The SMILES string of the molecule is CO/N=C\c1ccccc1F. The highest BCUT2D eigenvalue weighted by atomic mass is 19.1. The van der Waals surface area contributed by atoms with E-state index < -0.39 is 0 Å². The molecule has 0 aliphatic heterocycles. The van der Waals surface area contributed by atoms with Gasteiger partial charge in [-0.25, -0.2) is 4.39 Å². The Morgan fingerprint density at radius 1 is 1.45 bits per heavy atom. The molecule has 0 spiro atoms. The zero-order chi connectivity index (χ0) is 8.10. The minimum absolute atomic E-state index is 0.298. The van der Waals surface area contributed by atoms with E-state index in [1.807, 2.05) is 0 Å². The quantitative estimate of drug-likeness (QED) is 0.469. The molecular weight excluding hydrogens is 145 g/mol. The first-order valence-electron chi connectivity index (χ1n) is 3.15. The summed E-state index contributed by atoms with van der Waals surface area (Å²) in [7, 11) is 1.41. The highest BCUT2D eigenvalue weighted by molar-refractivity contribution is 5.79. The highest BCUT2D eigenvalue weighted by Crippen LogP contribution is 2.02. The molecule has 0 saturated heterocycles. The van der Waals surface area contributed by atoms with Gasteiger partial charge in [0.05, 0.1) is 6.21 Å². The molecule has 0 heterocycles. The van der Waals surface area contributed by atoms with E-state index >= 15 is 0 Å². The fraction of sp³-hybridized carbons (Fsp3) is 0.125. The summed E-state index contributed by atoms with van der Waals surface area (Å²) in [5, 5.41) is 3.44. The third-order valence-corrected chi connectivity index (χ3v) is 1.20. The maximum Gasteiger partial charge on any atom is 0.132 e. The van der Waals surface area contributed by atoms with E-state index in [0.29, 0.717) is 5.56 Å². The summed E-state index contributed by atoms with van der Waals surface area (Å²) in [5.41, 5.74) is 0.425. The summed E-state index contributed by atoms with van der Waals surface area (Å²) < 4.78 is 12.8. The predicted octanol–water partition coefficient (Wildman–Crippen LogP) is 1.81. The smallest absolute Gasteiger partial charge is 0.132 e. The molecule has 1 rings (SSSR count). The van der Waals surface area contributed by atoms with Crippen molar-refractivity contribution >= 4 is 6.21 Å². The Bertz CT molecular complexity index is 260. The van der Waals surface area contributed by atoms with Crippen LogP contribution in [0.5, 0.6) is 0 Å². The average molecular weight is 153 g/mol. The van der Waals surface area contributed by atoms with Gasteiger partial charge in [0.1, 0.15) is 12.9 Å². The monoisotopic (exact) mass is 153 g/mol. The lowest BCUT2D eigenvalue weighted by Crippen LogP contribution is -1.86. The molecule has 0 atom stereocenters. The van der Waals surface area contributed by atoms with E-state index in [4.69, 9.17) is 0 Å². The zero-order valence-electron chi connectivity index (χ0n) is 6.12. The van der Waals surface area contributed by atoms with E-state index in [9.17, 15) is 4.39 Å². The minimum atomic E-state index is -0.298. The molecule has 0 aliphatic rings. The van der Waals surface area contributed by atoms with E-state index in [1.54, 1.807) is 18.2 Å². The van der Waals surface area contributed by atoms with Crippen molar-refractivity contribution in [2.24, 2.45) is 5.16 Å². The first-order chi connectivity index (χ1) is 5.34.